The molecule has 0 aliphatic carbocycles. The number of hydrogen-bond acceptors (Lipinski definition) is 3. The van der Waals surface area contributed by atoms with Gasteiger partial charge in [-0.05, 0) is 13.0 Å². The van der Waals surface area contributed by atoms with Gasteiger partial charge in [0, 0.05) is 37.7 Å². The molecule has 2 atom stereocenters. The standard InChI is InChI=1S/C13H17FN2O2/c1-8(15)10-4-3-9(14)7-12(10)18-11-5-6-16(2)13(11)17/h3-4,7-8,11H,5-6,15H2,1-2H3/t8-,11?/m1/s1. The Balaban J connectivity index is 2.23. The zero-order chi connectivity index (χ0) is 13.3. The van der Waals surface area contributed by atoms with Gasteiger partial charge in [0.15, 0.2) is 6.10 Å². The van der Waals surface area contributed by atoms with Crippen molar-refractivity contribution in [2.24, 2.45) is 5.73 Å². The Bertz CT molecular complexity index is 462. The number of benzene rings is 1. The summed E-state index contributed by atoms with van der Waals surface area (Å²) in [5, 5.41) is 0. The molecule has 18 heavy (non-hydrogen) atoms. The Morgan fingerprint density at radius 1 is 1.56 bits per heavy atom. The molecule has 98 valence electrons. The van der Waals surface area contributed by atoms with Crippen LogP contribution in [-0.4, -0.2) is 30.5 Å². The van der Waals surface area contributed by atoms with Crippen molar-refractivity contribution in [2.45, 2.75) is 25.5 Å². The van der Waals surface area contributed by atoms with Crippen LogP contribution >= 0.6 is 0 Å². The largest absolute Gasteiger partial charge is 0.480 e. The number of nitrogens with zero attached hydrogens (tertiary/aromatic N) is 1. The highest BCUT2D eigenvalue weighted by Gasteiger charge is 2.31. The second-order valence-electron chi connectivity index (χ2n) is 4.63. The summed E-state index contributed by atoms with van der Waals surface area (Å²) in [5.41, 5.74) is 6.51. The molecular formula is C13H17FN2O2. The first kappa shape index (κ1) is 12.8. The van der Waals surface area contributed by atoms with Crippen molar-refractivity contribution in [3.8, 4) is 5.75 Å². The van der Waals surface area contributed by atoms with Gasteiger partial charge in [-0.1, -0.05) is 6.07 Å². The van der Waals surface area contributed by atoms with Gasteiger partial charge < -0.3 is 15.4 Å². The van der Waals surface area contributed by atoms with E-state index in [2.05, 4.69) is 0 Å². The Morgan fingerprint density at radius 3 is 2.83 bits per heavy atom. The van der Waals surface area contributed by atoms with Crippen LogP contribution in [0.1, 0.15) is 24.9 Å². The van der Waals surface area contributed by atoms with Crippen molar-refractivity contribution in [1.29, 1.82) is 0 Å². The van der Waals surface area contributed by atoms with E-state index in [9.17, 15) is 9.18 Å². The first-order valence-corrected chi connectivity index (χ1v) is 5.95. The van der Waals surface area contributed by atoms with Crippen molar-refractivity contribution in [2.75, 3.05) is 13.6 Å². The van der Waals surface area contributed by atoms with E-state index in [1.165, 1.54) is 12.1 Å². The summed E-state index contributed by atoms with van der Waals surface area (Å²) in [6, 6.07) is 3.95. The third-order valence-electron chi connectivity index (χ3n) is 3.11. The lowest BCUT2D eigenvalue weighted by molar-refractivity contribution is -0.132. The molecule has 0 bridgehead atoms. The second-order valence-corrected chi connectivity index (χ2v) is 4.63. The fourth-order valence-electron chi connectivity index (χ4n) is 2.04. The zero-order valence-electron chi connectivity index (χ0n) is 10.5. The van der Waals surface area contributed by atoms with E-state index in [1.54, 1.807) is 24.9 Å². The molecule has 1 saturated heterocycles. The summed E-state index contributed by atoms with van der Waals surface area (Å²) in [5.74, 6) is -0.110. The van der Waals surface area contributed by atoms with E-state index in [1.807, 2.05) is 0 Å². The SMILES string of the molecule is C[C@@H](N)c1ccc(F)cc1OC1CCN(C)C1=O. The quantitative estimate of drug-likeness (QED) is 0.886. The molecule has 1 aliphatic heterocycles. The van der Waals surface area contributed by atoms with Crippen molar-refractivity contribution in [1.82, 2.24) is 4.90 Å². The van der Waals surface area contributed by atoms with Gasteiger partial charge in [0.1, 0.15) is 11.6 Å². The normalized spacial score (nSPS) is 21.2. The van der Waals surface area contributed by atoms with Crippen molar-refractivity contribution >= 4 is 5.91 Å². The molecule has 1 amide bonds. The molecule has 5 heteroatoms. The van der Waals surface area contributed by atoms with Gasteiger partial charge >= 0.3 is 0 Å². The lowest BCUT2D eigenvalue weighted by atomic mass is 10.1. The molecule has 1 fully saturated rings. The van der Waals surface area contributed by atoms with Crippen LogP contribution in [0.25, 0.3) is 0 Å². The number of hydrogen-bond donors (Lipinski definition) is 1. The number of carbonyl (C=O) groups excluding carboxylic acids is 1. The summed E-state index contributed by atoms with van der Waals surface area (Å²) in [7, 11) is 1.73. The summed E-state index contributed by atoms with van der Waals surface area (Å²) in [6.45, 7) is 2.45. The van der Waals surface area contributed by atoms with E-state index in [0.29, 0.717) is 24.3 Å². The minimum absolute atomic E-state index is 0.0742. The van der Waals surface area contributed by atoms with Crippen LogP contribution in [0, 0.1) is 5.82 Å². The predicted molar refractivity (Wildman–Crippen MR) is 65.7 cm³/mol. The van der Waals surface area contributed by atoms with Crippen LogP contribution in [0.3, 0.4) is 0 Å². The second kappa shape index (κ2) is 4.94. The highest BCUT2D eigenvalue weighted by atomic mass is 19.1. The molecule has 0 spiro atoms. The van der Waals surface area contributed by atoms with Crippen molar-refractivity contribution < 1.29 is 13.9 Å². The van der Waals surface area contributed by atoms with E-state index in [4.69, 9.17) is 10.5 Å². The van der Waals surface area contributed by atoms with Crippen LogP contribution in [-0.2, 0) is 4.79 Å². The molecular weight excluding hydrogens is 235 g/mol. The molecule has 1 aromatic carbocycles. The number of carbonyl (C=O) groups is 1. The Kier molecular flexibility index (Phi) is 3.52. The maximum absolute atomic E-state index is 13.2. The van der Waals surface area contributed by atoms with Crippen LogP contribution < -0.4 is 10.5 Å². The fourth-order valence-corrected chi connectivity index (χ4v) is 2.04. The van der Waals surface area contributed by atoms with E-state index < -0.39 is 11.9 Å². The van der Waals surface area contributed by atoms with Gasteiger partial charge in [0.25, 0.3) is 5.91 Å². The predicted octanol–water partition coefficient (Wildman–Crippen LogP) is 1.45. The Morgan fingerprint density at radius 2 is 2.28 bits per heavy atom. The smallest absolute Gasteiger partial charge is 0.263 e. The summed E-state index contributed by atoms with van der Waals surface area (Å²) < 4.78 is 18.9. The van der Waals surface area contributed by atoms with Crippen LogP contribution in [0.15, 0.2) is 18.2 Å². The first-order chi connectivity index (χ1) is 8.49. The van der Waals surface area contributed by atoms with Gasteiger partial charge in [-0.2, -0.15) is 0 Å². The molecule has 2 rings (SSSR count). The lowest BCUT2D eigenvalue weighted by Gasteiger charge is -2.17. The summed E-state index contributed by atoms with van der Waals surface area (Å²) in [4.78, 5) is 13.4. The number of ether oxygens (including phenoxy) is 1. The highest BCUT2D eigenvalue weighted by Crippen LogP contribution is 2.27. The minimum Gasteiger partial charge on any atom is -0.480 e. The maximum atomic E-state index is 13.2. The monoisotopic (exact) mass is 252 g/mol. The summed E-state index contributed by atoms with van der Waals surface area (Å²) in [6.07, 6.45) is 0.0823. The molecule has 0 saturated carbocycles. The number of rotatable bonds is 3. The molecule has 1 aliphatic rings. The van der Waals surface area contributed by atoms with E-state index >= 15 is 0 Å². The maximum Gasteiger partial charge on any atom is 0.263 e. The van der Waals surface area contributed by atoms with Gasteiger partial charge in [0.05, 0.1) is 0 Å². The van der Waals surface area contributed by atoms with Crippen LogP contribution in [0.4, 0.5) is 4.39 Å². The number of likely N-dealkylation sites (N-methyl/N-ethyl adjacent to an activating group) is 1. The topological polar surface area (TPSA) is 55.6 Å². The molecule has 1 unspecified atom stereocenters. The van der Waals surface area contributed by atoms with Crippen LogP contribution in [0.2, 0.25) is 0 Å². The number of likely N-dealkylation sites (tertiary alicyclic amines) is 1. The Hall–Kier alpha value is -1.62. The van der Waals surface area contributed by atoms with E-state index in [0.717, 1.165) is 0 Å². The summed E-state index contributed by atoms with van der Waals surface area (Å²) >= 11 is 0. The highest BCUT2D eigenvalue weighted by molar-refractivity contribution is 5.83. The third kappa shape index (κ3) is 2.46. The molecule has 2 N–H and O–H groups in total. The minimum atomic E-state index is -0.533. The molecule has 1 aromatic rings. The molecule has 4 nitrogen and oxygen atoms in total. The van der Waals surface area contributed by atoms with Crippen molar-refractivity contribution in [3.63, 3.8) is 0 Å². The van der Waals surface area contributed by atoms with Crippen LogP contribution in [0.5, 0.6) is 5.75 Å². The average molecular weight is 252 g/mol. The third-order valence-corrected chi connectivity index (χ3v) is 3.11. The number of nitrogens with two attached hydrogens (primary N) is 1. The number of halogens is 1. The fraction of sp³-hybridized carbons (Fsp3) is 0.462. The molecule has 0 aromatic heterocycles. The number of amides is 1. The average Bonchev–Trinajstić information content (AvgIpc) is 2.61. The van der Waals surface area contributed by atoms with Gasteiger partial charge in [-0.3, -0.25) is 4.79 Å². The Labute approximate surface area is 106 Å². The van der Waals surface area contributed by atoms with E-state index in [-0.39, 0.29) is 11.9 Å². The van der Waals surface area contributed by atoms with Crippen molar-refractivity contribution in [3.05, 3.63) is 29.6 Å². The molecule has 0 radical (unpaired) electrons. The first-order valence-electron chi connectivity index (χ1n) is 5.95. The lowest BCUT2D eigenvalue weighted by Crippen LogP contribution is -2.29. The van der Waals surface area contributed by atoms with Gasteiger partial charge in [-0.15, -0.1) is 0 Å². The van der Waals surface area contributed by atoms with Gasteiger partial charge in [0.2, 0.25) is 0 Å². The van der Waals surface area contributed by atoms with Gasteiger partial charge in [-0.25, -0.2) is 4.39 Å². The zero-order valence-corrected chi connectivity index (χ0v) is 10.5. The molecule has 1 heterocycles.